The highest BCUT2D eigenvalue weighted by Gasteiger charge is 2.17. The SMILES string of the molecule is CCCCN1CCN(c2ccc(C(=O)NCCCCCCCCCCCCCCCCCBr)cn2)CC1. The molecule has 1 fully saturated rings. The van der Waals surface area contributed by atoms with E-state index in [1.807, 2.05) is 12.1 Å². The number of hydrogen-bond donors (Lipinski definition) is 1. The van der Waals surface area contributed by atoms with Crippen molar-refractivity contribution in [2.24, 2.45) is 0 Å². The lowest BCUT2D eigenvalue weighted by Crippen LogP contribution is -2.46. The third kappa shape index (κ3) is 15.1. The van der Waals surface area contributed by atoms with Crippen LogP contribution in [0.4, 0.5) is 5.82 Å². The summed E-state index contributed by atoms with van der Waals surface area (Å²) in [7, 11) is 0. The number of nitrogens with zero attached hydrogens (tertiary/aromatic N) is 3. The number of hydrogen-bond acceptors (Lipinski definition) is 4. The van der Waals surface area contributed by atoms with Crippen LogP contribution in [0.5, 0.6) is 0 Å². The Morgan fingerprint density at radius 3 is 1.81 bits per heavy atom. The molecular formula is C31H55BrN4O. The van der Waals surface area contributed by atoms with Crippen molar-refractivity contribution in [2.75, 3.05) is 49.5 Å². The summed E-state index contributed by atoms with van der Waals surface area (Å²) in [4.78, 5) is 21.9. The number of unbranched alkanes of at least 4 members (excludes halogenated alkanes) is 15. The zero-order chi connectivity index (χ0) is 26.4. The lowest BCUT2D eigenvalue weighted by molar-refractivity contribution is 0.0952. The fourth-order valence-electron chi connectivity index (χ4n) is 5.11. The van der Waals surface area contributed by atoms with E-state index in [1.54, 1.807) is 6.20 Å². The summed E-state index contributed by atoms with van der Waals surface area (Å²) in [5, 5.41) is 4.23. The van der Waals surface area contributed by atoms with Crippen LogP contribution in [0.3, 0.4) is 0 Å². The molecule has 2 heterocycles. The number of aromatic nitrogens is 1. The van der Waals surface area contributed by atoms with Gasteiger partial charge >= 0.3 is 0 Å². The first-order valence-electron chi connectivity index (χ1n) is 15.5. The third-order valence-electron chi connectivity index (χ3n) is 7.63. The normalized spacial score (nSPS) is 14.3. The van der Waals surface area contributed by atoms with Crippen molar-refractivity contribution in [1.29, 1.82) is 0 Å². The molecule has 1 N–H and O–H groups in total. The maximum Gasteiger partial charge on any atom is 0.252 e. The summed E-state index contributed by atoms with van der Waals surface area (Å²) >= 11 is 3.50. The van der Waals surface area contributed by atoms with E-state index in [9.17, 15) is 4.79 Å². The van der Waals surface area contributed by atoms with Crippen LogP contribution in [0.25, 0.3) is 0 Å². The predicted molar refractivity (Wildman–Crippen MR) is 163 cm³/mol. The van der Waals surface area contributed by atoms with Crippen molar-refractivity contribution in [1.82, 2.24) is 15.2 Å². The Hall–Kier alpha value is -1.14. The van der Waals surface area contributed by atoms with Crippen LogP contribution in [0.15, 0.2) is 18.3 Å². The zero-order valence-electron chi connectivity index (χ0n) is 23.8. The van der Waals surface area contributed by atoms with Gasteiger partial charge in [-0.15, -0.1) is 0 Å². The molecule has 1 aromatic rings. The van der Waals surface area contributed by atoms with E-state index >= 15 is 0 Å². The highest BCUT2D eigenvalue weighted by Crippen LogP contribution is 2.15. The fourth-order valence-corrected chi connectivity index (χ4v) is 5.51. The number of piperazine rings is 1. The van der Waals surface area contributed by atoms with Gasteiger partial charge in [0.2, 0.25) is 0 Å². The molecule has 0 spiro atoms. The molecule has 37 heavy (non-hydrogen) atoms. The second-order valence-electron chi connectivity index (χ2n) is 10.8. The van der Waals surface area contributed by atoms with Crippen molar-refractivity contribution in [3.05, 3.63) is 23.9 Å². The third-order valence-corrected chi connectivity index (χ3v) is 8.19. The first-order valence-corrected chi connectivity index (χ1v) is 16.6. The van der Waals surface area contributed by atoms with Crippen LogP contribution in [-0.4, -0.2) is 60.4 Å². The van der Waals surface area contributed by atoms with Gasteiger partial charge in [0, 0.05) is 44.3 Å². The highest BCUT2D eigenvalue weighted by atomic mass is 79.9. The molecule has 1 aliphatic heterocycles. The van der Waals surface area contributed by atoms with Gasteiger partial charge in [-0.2, -0.15) is 0 Å². The van der Waals surface area contributed by atoms with Gasteiger partial charge in [0.1, 0.15) is 5.82 Å². The molecule has 1 saturated heterocycles. The average molecular weight is 580 g/mol. The molecule has 1 amide bonds. The van der Waals surface area contributed by atoms with Crippen molar-refractivity contribution < 1.29 is 4.79 Å². The van der Waals surface area contributed by atoms with Crippen LogP contribution >= 0.6 is 15.9 Å². The molecule has 0 unspecified atom stereocenters. The monoisotopic (exact) mass is 578 g/mol. The average Bonchev–Trinajstić information content (AvgIpc) is 2.94. The van der Waals surface area contributed by atoms with Gasteiger partial charge in [-0.3, -0.25) is 9.69 Å². The van der Waals surface area contributed by atoms with E-state index in [0.29, 0.717) is 5.56 Å². The Morgan fingerprint density at radius 1 is 0.784 bits per heavy atom. The van der Waals surface area contributed by atoms with E-state index in [4.69, 9.17) is 0 Å². The molecule has 2 rings (SSSR count). The fraction of sp³-hybridized carbons (Fsp3) is 0.806. The Kier molecular flexibility index (Phi) is 18.9. The summed E-state index contributed by atoms with van der Waals surface area (Å²) in [6.07, 6.45) is 24.6. The summed E-state index contributed by atoms with van der Waals surface area (Å²) in [5.74, 6) is 0.991. The van der Waals surface area contributed by atoms with Crippen LogP contribution in [0.1, 0.15) is 126 Å². The standard InChI is InChI=1S/C31H55BrN4O/c1-2-3-23-35-24-26-36(27-25-35)30-20-19-29(28-34-30)31(37)33-22-18-16-14-12-10-8-6-4-5-7-9-11-13-15-17-21-32/h19-20,28H,2-18,21-27H2,1H3,(H,33,37). The predicted octanol–water partition coefficient (Wildman–Crippen LogP) is 7.98. The molecule has 0 atom stereocenters. The molecule has 0 aliphatic carbocycles. The minimum Gasteiger partial charge on any atom is -0.354 e. The maximum absolute atomic E-state index is 12.5. The van der Waals surface area contributed by atoms with Crippen LogP contribution < -0.4 is 10.2 Å². The van der Waals surface area contributed by atoms with E-state index in [0.717, 1.165) is 50.3 Å². The molecule has 1 aromatic heterocycles. The first-order chi connectivity index (χ1) is 18.2. The number of carbonyl (C=O) groups is 1. The smallest absolute Gasteiger partial charge is 0.252 e. The summed E-state index contributed by atoms with van der Waals surface area (Å²) < 4.78 is 0. The lowest BCUT2D eigenvalue weighted by atomic mass is 10.0. The topological polar surface area (TPSA) is 48.5 Å². The minimum atomic E-state index is 0.00219. The number of carbonyl (C=O) groups excluding carboxylic acids is 1. The molecule has 1 aliphatic rings. The Balaban J connectivity index is 1.41. The Labute approximate surface area is 236 Å². The minimum absolute atomic E-state index is 0.00219. The van der Waals surface area contributed by atoms with E-state index in [-0.39, 0.29) is 5.91 Å². The molecule has 0 saturated carbocycles. The summed E-state index contributed by atoms with van der Waals surface area (Å²) in [6.45, 7) is 8.44. The van der Waals surface area contributed by atoms with Crippen molar-refractivity contribution >= 4 is 27.7 Å². The van der Waals surface area contributed by atoms with Gasteiger partial charge in [0.15, 0.2) is 0 Å². The molecular weight excluding hydrogens is 524 g/mol. The van der Waals surface area contributed by atoms with Gasteiger partial charge in [-0.1, -0.05) is 113 Å². The van der Waals surface area contributed by atoms with Gasteiger partial charge in [0.05, 0.1) is 5.56 Å². The van der Waals surface area contributed by atoms with Crippen LogP contribution in [-0.2, 0) is 0 Å². The number of nitrogens with one attached hydrogen (secondary N) is 1. The first kappa shape index (κ1) is 32.1. The molecule has 212 valence electrons. The van der Waals surface area contributed by atoms with Gasteiger partial charge in [0.25, 0.3) is 5.91 Å². The van der Waals surface area contributed by atoms with Gasteiger partial charge in [-0.25, -0.2) is 4.98 Å². The molecule has 0 aromatic carbocycles. The number of pyridine rings is 1. The quantitative estimate of drug-likeness (QED) is 0.112. The van der Waals surface area contributed by atoms with Crippen LogP contribution in [0, 0.1) is 0 Å². The number of anilines is 1. The Morgan fingerprint density at radius 2 is 1.32 bits per heavy atom. The van der Waals surface area contributed by atoms with Gasteiger partial charge in [-0.05, 0) is 37.9 Å². The second-order valence-corrected chi connectivity index (χ2v) is 11.6. The zero-order valence-corrected chi connectivity index (χ0v) is 25.4. The van der Waals surface area contributed by atoms with Crippen molar-refractivity contribution in [3.8, 4) is 0 Å². The second kappa shape index (κ2) is 21.8. The Bertz CT molecular complexity index is 676. The lowest BCUT2D eigenvalue weighted by Gasteiger charge is -2.35. The van der Waals surface area contributed by atoms with E-state index < -0.39 is 0 Å². The van der Waals surface area contributed by atoms with E-state index in [2.05, 4.69) is 43.0 Å². The van der Waals surface area contributed by atoms with Gasteiger partial charge < -0.3 is 10.2 Å². The summed E-state index contributed by atoms with van der Waals surface area (Å²) in [5.41, 5.74) is 0.667. The molecule has 0 radical (unpaired) electrons. The molecule has 5 nitrogen and oxygen atoms in total. The summed E-state index contributed by atoms with van der Waals surface area (Å²) in [6, 6.07) is 3.93. The molecule has 0 bridgehead atoms. The van der Waals surface area contributed by atoms with Crippen molar-refractivity contribution in [2.45, 2.75) is 116 Å². The number of alkyl halides is 1. The van der Waals surface area contributed by atoms with Crippen molar-refractivity contribution in [3.63, 3.8) is 0 Å². The maximum atomic E-state index is 12.5. The van der Waals surface area contributed by atoms with E-state index in [1.165, 1.54) is 109 Å². The molecule has 6 heteroatoms. The number of rotatable bonds is 22. The number of halogens is 1. The van der Waals surface area contributed by atoms with Crippen LogP contribution in [0.2, 0.25) is 0 Å². The number of amides is 1. The highest BCUT2D eigenvalue weighted by molar-refractivity contribution is 9.09. The largest absolute Gasteiger partial charge is 0.354 e.